The molecule has 0 spiro atoms. The first-order chi connectivity index (χ1) is 9.42. The molecule has 2 aromatic rings. The van der Waals surface area contributed by atoms with Gasteiger partial charge in [0.2, 0.25) is 5.95 Å². The zero-order valence-electron chi connectivity index (χ0n) is 10.8. The molecule has 0 atom stereocenters. The van der Waals surface area contributed by atoms with Crippen LogP contribution in [0.2, 0.25) is 0 Å². The molecule has 3 N–H and O–H groups in total. The lowest BCUT2D eigenvalue weighted by Crippen LogP contribution is -2.13. The van der Waals surface area contributed by atoms with Gasteiger partial charge in [0.05, 0.1) is 16.8 Å². The second kappa shape index (κ2) is 5.46. The second-order valence-corrected chi connectivity index (χ2v) is 5.87. The number of aryl methyl sites for hydroxylation is 1. The van der Waals surface area contributed by atoms with Gasteiger partial charge < -0.3 is 5.73 Å². The van der Waals surface area contributed by atoms with E-state index in [2.05, 4.69) is 9.71 Å². The van der Waals surface area contributed by atoms with Gasteiger partial charge >= 0.3 is 0 Å². The first kappa shape index (κ1) is 14.3. The first-order valence-corrected chi connectivity index (χ1v) is 7.43. The minimum Gasteiger partial charge on any atom is -0.398 e. The number of nitrogens with one attached hydrogen (secondary N) is 1. The number of benzene rings is 1. The van der Waals surface area contributed by atoms with Crippen molar-refractivity contribution in [2.24, 2.45) is 0 Å². The number of hydrogen-bond donors (Lipinski definition) is 2. The summed E-state index contributed by atoms with van der Waals surface area (Å²) >= 11 is 0. The van der Waals surface area contributed by atoms with Crippen molar-refractivity contribution < 1.29 is 12.8 Å². The Morgan fingerprint density at radius 3 is 2.60 bits per heavy atom. The molecule has 0 saturated carbocycles. The number of sulfonamides is 1. The SMILES string of the molecule is CCc1ccc(S(=O)(=O)Nc2ccc(F)nc2)cc1N. The Hall–Kier alpha value is -2.15. The maximum Gasteiger partial charge on any atom is 0.262 e. The molecule has 0 fully saturated rings. The molecule has 0 aliphatic heterocycles. The van der Waals surface area contributed by atoms with Crippen LogP contribution in [-0.2, 0) is 16.4 Å². The fourth-order valence-corrected chi connectivity index (χ4v) is 2.79. The lowest BCUT2D eigenvalue weighted by Gasteiger charge is -2.10. The van der Waals surface area contributed by atoms with E-state index in [0.717, 1.165) is 24.2 Å². The van der Waals surface area contributed by atoms with Gasteiger partial charge in [-0.05, 0) is 36.2 Å². The fraction of sp³-hybridized carbons (Fsp3) is 0.154. The number of anilines is 2. The van der Waals surface area contributed by atoms with Crippen molar-refractivity contribution in [3.8, 4) is 0 Å². The Labute approximate surface area is 116 Å². The van der Waals surface area contributed by atoms with Crippen molar-refractivity contribution in [1.29, 1.82) is 0 Å². The predicted octanol–water partition coefficient (Wildman–Crippen LogP) is 2.17. The maximum atomic E-state index is 12.7. The summed E-state index contributed by atoms with van der Waals surface area (Å²) in [5.41, 5.74) is 7.28. The number of nitrogens with zero attached hydrogens (tertiary/aromatic N) is 1. The number of aromatic nitrogens is 1. The normalized spacial score (nSPS) is 11.3. The van der Waals surface area contributed by atoms with Gasteiger partial charge in [-0.1, -0.05) is 13.0 Å². The van der Waals surface area contributed by atoms with Crippen LogP contribution in [0.15, 0.2) is 41.4 Å². The highest BCUT2D eigenvalue weighted by Gasteiger charge is 2.15. The molecule has 0 amide bonds. The van der Waals surface area contributed by atoms with Gasteiger partial charge in [-0.25, -0.2) is 13.4 Å². The molecular weight excluding hydrogens is 281 g/mol. The molecule has 1 heterocycles. The van der Waals surface area contributed by atoms with Gasteiger partial charge in [0.1, 0.15) is 0 Å². The van der Waals surface area contributed by atoms with E-state index in [0.29, 0.717) is 5.69 Å². The van der Waals surface area contributed by atoms with Gasteiger partial charge in [-0.3, -0.25) is 4.72 Å². The summed E-state index contributed by atoms with van der Waals surface area (Å²) in [5.74, 6) is -0.676. The van der Waals surface area contributed by atoms with Gasteiger partial charge in [0.15, 0.2) is 0 Å². The third kappa shape index (κ3) is 3.05. The van der Waals surface area contributed by atoms with E-state index in [1.165, 1.54) is 18.2 Å². The Morgan fingerprint density at radius 2 is 2.05 bits per heavy atom. The molecule has 0 unspecified atom stereocenters. The molecular formula is C13H14FN3O2S. The van der Waals surface area contributed by atoms with Crippen molar-refractivity contribution in [2.75, 3.05) is 10.5 Å². The Balaban J connectivity index is 2.30. The lowest BCUT2D eigenvalue weighted by molar-refractivity contribution is 0.583. The molecule has 7 heteroatoms. The minimum atomic E-state index is -3.77. The molecule has 2 rings (SSSR count). The number of pyridine rings is 1. The summed E-state index contributed by atoms with van der Waals surface area (Å²) in [6.45, 7) is 1.93. The molecule has 1 aromatic carbocycles. The Morgan fingerprint density at radius 1 is 1.30 bits per heavy atom. The van der Waals surface area contributed by atoms with E-state index in [4.69, 9.17) is 5.73 Å². The van der Waals surface area contributed by atoms with Crippen LogP contribution in [0, 0.1) is 5.95 Å². The molecule has 0 aliphatic carbocycles. The van der Waals surface area contributed by atoms with Crippen molar-refractivity contribution in [3.05, 3.63) is 48.0 Å². The van der Waals surface area contributed by atoms with Crippen LogP contribution >= 0.6 is 0 Å². The minimum absolute atomic E-state index is 0.0523. The second-order valence-electron chi connectivity index (χ2n) is 4.19. The van der Waals surface area contributed by atoms with E-state index in [1.807, 2.05) is 6.92 Å². The summed E-state index contributed by atoms with van der Waals surface area (Å²) in [6, 6.07) is 6.93. The van der Waals surface area contributed by atoms with Crippen molar-refractivity contribution in [2.45, 2.75) is 18.2 Å². The van der Waals surface area contributed by atoms with Crippen molar-refractivity contribution in [3.63, 3.8) is 0 Å². The summed E-state index contributed by atoms with van der Waals surface area (Å²) in [4.78, 5) is 3.44. The molecule has 106 valence electrons. The molecule has 20 heavy (non-hydrogen) atoms. The number of rotatable bonds is 4. The maximum absolute atomic E-state index is 12.7. The third-order valence-corrected chi connectivity index (χ3v) is 4.17. The van der Waals surface area contributed by atoms with Crippen LogP contribution in [0.1, 0.15) is 12.5 Å². The monoisotopic (exact) mass is 295 g/mol. The first-order valence-electron chi connectivity index (χ1n) is 5.95. The molecule has 0 saturated heterocycles. The van der Waals surface area contributed by atoms with Gasteiger partial charge in [0.25, 0.3) is 10.0 Å². The average molecular weight is 295 g/mol. The predicted molar refractivity (Wildman–Crippen MR) is 75.2 cm³/mol. The number of nitrogen functional groups attached to an aromatic ring is 1. The molecule has 5 nitrogen and oxygen atoms in total. The van der Waals surface area contributed by atoms with Gasteiger partial charge in [-0.2, -0.15) is 4.39 Å². The highest BCUT2D eigenvalue weighted by Crippen LogP contribution is 2.20. The lowest BCUT2D eigenvalue weighted by atomic mass is 10.1. The zero-order chi connectivity index (χ0) is 14.8. The van der Waals surface area contributed by atoms with E-state index >= 15 is 0 Å². The summed E-state index contributed by atoms with van der Waals surface area (Å²) in [5, 5.41) is 0. The van der Waals surface area contributed by atoms with Crippen LogP contribution in [-0.4, -0.2) is 13.4 Å². The standard InChI is InChI=1S/C13H14FN3O2S/c1-2-9-3-5-11(7-12(9)15)20(18,19)17-10-4-6-13(14)16-8-10/h3-8,17H,2,15H2,1H3. The molecule has 0 aliphatic rings. The summed E-state index contributed by atoms with van der Waals surface area (Å²) in [7, 11) is -3.77. The smallest absolute Gasteiger partial charge is 0.262 e. The van der Waals surface area contributed by atoms with E-state index in [9.17, 15) is 12.8 Å². The van der Waals surface area contributed by atoms with Crippen LogP contribution in [0.25, 0.3) is 0 Å². The highest BCUT2D eigenvalue weighted by atomic mass is 32.2. The van der Waals surface area contributed by atoms with E-state index in [-0.39, 0.29) is 10.6 Å². The van der Waals surface area contributed by atoms with Crippen LogP contribution in [0.3, 0.4) is 0 Å². The number of hydrogen-bond acceptors (Lipinski definition) is 4. The third-order valence-electron chi connectivity index (χ3n) is 2.79. The summed E-state index contributed by atoms with van der Waals surface area (Å²) < 4.78 is 39.3. The molecule has 1 aromatic heterocycles. The number of halogens is 1. The van der Waals surface area contributed by atoms with E-state index in [1.54, 1.807) is 6.07 Å². The fourth-order valence-electron chi connectivity index (χ4n) is 1.71. The van der Waals surface area contributed by atoms with Crippen LogP contribution in [0.5, 0.6) is 0 Å². The van der Waals surface area contributed by atoms with Crippen molar-refractivity contribution in [1.82, 2.24) is 4.98 Å². The van der Waals surface area contributed by atoms with Gasteiger partial charge in [-0.15, -0.1) is 0 Å². The van der Waals surface area contributed by atoms with Crippen molar-refractivity contribution >= 4 is 21.4 Å². The van der Waals surface area contributed by atoms with Crippen LogP contribution in [0.4, 0.5) is 15.8 Å². The van der Waals surface area contributed by atoms with E-state index < -0.39 is 16.0 Å². The highest BCUT2D eigenvalue weighted by molar-refractivity contribution is 7.92. The topological polar surface area (TPSA) is 85.1 Å². The Kier molecular flexibility index (Phi) is 3.89. The Bertz CT molecular complexity index is 715. The quantitative estimate of drug-likeness (QED) is 0.668. The largest absolute Gasteiger partial charge is 0.398 e. The summed E-state index contributed by atoms with van der Waals surface area (Å²) in [6.07, 6.45) is 1.83. The average Bonchev–Trinajstić information content (AvgIpc) is 2.41. The van der Waals surface area contributed by atoms with Crippen LogP contribution < -0.4 is 10.5 Å². The molecule has 0 bridgehead atoms. The van der Waals surface area contributed by atoms with Gasteiger partial charge in [0, 0.05) is 5.69 Å². The molecule has 0 radical (unpaired) electrons. The zero-order valence-corrected chi connectivity index (χ0v) is 11.6. The number of nitrogens with two attached hydrogens (primary N) is 1.